The van der Waals surface area contributed by atoms with Crippen molar-refractivity contribution in [1.82, 2.24) is 4.90 Å². The molecule has 19 heavy (non-hydrogen) atoms. The molecule has 0 bridgehead atoms. The number of halogens is 1. The minimum atomic E-state index is -0.533. The molecule has 0 radical (unpaired) electrons. The van der Waals surface area contributed by atoms with Crippen molar-refractivity contribution in [2.45, 2.75) is 13.8 Å². The highest BCUT2D eigenvalue weighted by molar-refractivity contribution is 9.10. The zero-order valence-corrected chi connectivity index (χ0v) is 12.6. The van der Waals surface area contributed by atoms with Gasteiger partial charge in [-0.2, -0.15) is 0 Å². The van der Waals surface area contributed by atoms with Gasteiger partial charge < -0.3 is 16.4 Å². The molecule has 4 N–H and O–H groups in total. The fourth-order valence-corrected chi connectivity index (χ4v) is 2.17. The van der Waals surface area contributed by atoms with Gasteiger partial charge in [-0.15, -0.1) is 0 Å². The summed E-state index contributed by atoms with van der Waals surface area (Å²) in [6.45, 7) is 4.30. The quantitative estimate of drug-likeness (QED) is 0.805. The van der Waals surface area contributed by atoms with Crippen molar-refractivity contribution >= 4 is 33.4 Å². The number of carbonyl (C=O) groups excluding carboxylic acids is 2. The predicted molar refractivity (Wildman–Crippen MR) is 78.5 cm³/mol. The van der Waals surface area contributed by atoms with Gasteiger partial charge >= 0.3 is 0 Å². The van der Waals surface area contributed by atoms with Gasteiger partial charge in [0, 0.05) is 12.2 Å². The molecule has 6 heteroatoms. The summed E-state index contributed by atoms with van der Waals surface area (Å²) in [7, 11) is 0. The second-order valence-corrected chi connectivity index (χ2v) is 5.55. The largest absolute Gasteiger partial charge is 0.398 e. The highest BCUT2D eigenvalue weighted by atomic mass is 79.9. The minimum Gasteiger partial charge on any atom is -0.398 e. The molecule has 1 rings (SSSR count). The van der Waals surface area contributed by atoms with Crippen LogP contribution in [-0.4, -0.2) is 29.8 Å². The van der Waals surface area contributed by atoms with Crippen LogP contribution in [0, 0.1) is 5.92 Å². The third kappa shape index (κ3) is 4.24. The number of rotatable bonds is 5. The molecule has 1 aromatic carbocycles. The third-order valence-electron chi connectivity index (χ3n) is 2.48. The van der Waals surface area contributed by atoms with Crippen LogP contribution in [0.1, 0.15) is 24.2 Å². The maximum absolute atomic E-state index is 12.4. The Hall–Kier alpha value is -1.56. The molecule has 0 aliphatic rings. The lowest BCUT2D eigenvalue weighted by atomic mass is 10.1. The van der Waals surface area contributed by atoms with Crippen LogP contribution >= 0.6 is 15.9 Å². The average molecular weight is 328 g/mol. The summed E-state index contributed by atoms with van der Waals surface area (Å²) in [5.74, 6) is -0.552. The number of amides is 2. The summed E-state index contributed by atoms with van der Waals surface area (Å²) in [4.78, 5) is 24.9. The first-order valence-corrected chi connectivity index (χ1v) is 6.73. The average Bonchev–Trinajstić information content (AvgIpc) is 2.30. The zero-order chi connectivity index (χ0) is 14.6. The van der Waals surface area contributed by atoms with Crippen molar-refractivity contribution in [2.24, 2.45) is 11.7 Å². The highest BCUT2D eigenvalue weighted by Gasteiger charge is 2.21. The molecule has 0 fully saturated rings. The minimum absolute atomic E-state index is 0.0990. The molecule has 1 aromatic rings. The molecular formula is C13H18BrN3O2. The van der Waals surface area contributed by atoms with Gasteiger partial charge in [-0.1, -0.05) is 19.9 Å². The van der Waals surface area contributed by atoms with Crippen LogP contribution in [0.2, 0.25) is 0 Å². The maximum atomic E-state index is 12.4. The molecule has 0 saturated carbocycles. The Labute approximate surface area is 121 Å². The van der Waals surface area contributed by atoms with Crippen molar-refractivity contribution in [3.05, 3.63) is 28.2 Å². The molecule has 5 nitrogen and oxygen atoms in total. The summed E-state index contributed by atoms with van der Waals surface area (Å²) < 4.78 is 0.540. The van der Waals surface area contributed by atoms with Gasteiger partial charge in [-0.05, 0) is 34.0 Å². The molecule has 0 heterocycles. The normalized spacial score (nSPS) is 10.5. The van der Waals surface area contributed by atoms with E-state index in [0.29, 0.717) is 22.3 Å². The van der Waals surface area contributed by atoms with E-state index in [0.717, 1.165) is 0 Å². The van der Waals surface area contributed by atoms with Gasteiger partial charge in [0.05, 0.1) is 16.6 Å². The van der Waals surface area contributed by atoms with Crippen molar-refractivity contribution in [3.63, 3.8) is 0 Å². The summed E-state index contributed by atoms with van der Waals surface area (Å²) in [5.41, 5.74) is 11.8. The van der Waals surface area contributed by atoms with Crippen LogP contribution in [0.5, 0.6) is 0 Å². The van der Waals surface area contributed by atoms with Gasteiger partial charge in [-0.3, -0.25) is 9.59 Å². The monoisotopic (exact) mass is 327 g/mol. The number of nitrogen functional groups attached to an aromatic ring is 1. The van der Waals surface area contributed by atoms with Crippen LogP contribution in [0.15, 0.2) is 22.7 Å². The highest BCUT2D eigenvalue weighted by Crippen LogP contribution is 2.25. The molecule has 0 aliphatic carbocycles. The molecule has 0 atom stereocenters. The summed E-state index contributed by atoms with van der Waals surface area (Å²) in [6.07, 6.45) is 0. The molecule has 0 saturated heterocycles. The van der Waals surface area contributed by atoms with Crippen molar-refractivity contribution in [3.8, 4) is 0 Å². The Balaban J connectivity index is 3.04. The standard InChI is InChI=1S/C13H18BrN3O2/c1-8(2)6-17(7-11(16)18)13(19)9-4-3-5-10(15)12(9)14/h3-5,8H,6-7,15H2,1-2H3,(H2,16,18). The number of anilines is 1. The first kappa shape index (κ1) is 15.5. The van der Waals surface area contributed by atoms with Crippen LogP contribution < -0.4 is 11.5 Å². The van der Waals surface area contributed by atoms with E-state index < -0.39 is 5.91 Å². The van der Waals surface area contributed by atoms with E-state index in [1.54, 1.807) is 18.2 Å². The molecule has 104 valence electrons. The Morgan fingerprint density at radius 3 is 2.53 bits per heavy atom. The Morgan fingerprint density at radius 1 is 1.37 bits per heavy atom. The van der Waals surface area contributed by atoms with Gasteiger partial charge in [0.25, 0.3) is 5.91 Å². The van der Waals surface area contributed by atoms with Crippen LogP contribution in [0.3, 0.4) is 0 Å². The smallest absolute Gasteiger partial charge is 0.255 e. The number of benzene rings is 1. The number of primary amides is 1. The lowest BCUT2D eigenvalue weighted by molar-refractivity contribution is -0.118. The van der Waals surface area contributed by atoms with Gasteiger partial charge in [0.2, 0.25) is 5.91 Å². The van der Waals surface area contributed by atoms with Crippen LogP contribution in [-0.2, 0) is 4.79 Å². The summed E-state index contributed by atoms with van der Waals surface area (Å²) >= 11 is 3.29. The fourth-order valence-electron chi connectivity index (χ4n) is 1.73. The van der Waals surface area contributed by atoms with E-state index in [2.05, 4.69) is 15.9 Å². The van der Waals surface area contributed by atoms with Crippen molar-refractivity contribution < 1.29 is 9.59 Å². The molecule has 0 spiro atoms. The Kier molecular flexibility index (Phi) is 5.35. The number of hydrogen-bond donors (Lipinski definition) is 2. The SMILES string of the molecule is CC(C)CN(CC(N)=O)C(=O)c1cccc(N)c1Br. The fraction of sp³-hybridized carbons (Fsp3) is 0.385. The molecule has 2 amide bonds. The lowest BCUT2D eigenvalue weighted by Crippen LogP contribution is -2.40. The predicted octanol–water partition coefficient (Wildman–Crippen LogP) is 1.61. The van der Waals surface area contributed by atoms with E-state index in [1.807, 2.05) is 13.8 Å². The van der Waals surface area contributed by atoms with Gasteiger partial charge in [-0.25, -0.2) is 0 Å². The van der Waals surface area contributed by atoms with Crippen LogP contribution in [0.4, 0.5) is 5.69 Å². The Morgan fingerprint density at radius 2 is 2.00 bits per heavy atom. The van der Waals surface area contributed by atoms with Crippen molar-refractivity contribution in [2.75, 3.05) is 18.8 Å². The molecule has 0 unspecified atom stereocenters. The number of nitrogens with two attached hydrogens (primary N) is 2. The topological polar surface area (TPSA) is 89.4 Å². The van der Waals surface area contributed by atoms with E-state index in [1.165, 1.54) is 4.90 Å². The van der Waals surface area contributed by atoms with Gasteiger partial charge in [0.15, 0.2) is 0 Å². The zero-order valence-electron chi connectivity index (χ0n) is 11.0. The summed E-state index contributed by atoms with van der Waals surface area (Å²) in [5, 5.41) is 0. The number of nitrogens with zero attached hydrogens (tertiary/aromatic N) is 1. The van der Waals surface area contributed by atoms with E-state index in [4.69, 9.17) is 11.5 Å². The lowest BCUT2D eigenvalue weighted by Gasteiger charge is -2.24. The second kappa shape index (κ2) is 6.56. The summed E-state index contributed by atoms with van der Waals surface area (Å²) in [6, 6.07) is 5.06. The van der Waals surface area contributed by atoms with E-state index in [-0.39, 0.29) is 18.4 Å². The number of hydrogen-bond acceptors (Lipinski definition) is 3. The van der Waals surface area contributed by atoms with Crippen molar-refractivity contribution in [1.29, 1.82) is 0 Å². The van der Waals surface area contributed by atoms with E-state index >= 15 is 0 Å². The molecular weight excluding hydrogens is 310 g/mol. The first-order valence-electron chi connectivity index (χ1n) is 5.94. The van der Waals surface area contributed by atoms with Crippen LogP contribution in [0.25, 0.3) is 0 Å². The third-order valence-corrected chi connectivity index (χ3v) is 3.36. The Bertz CT molecular complexity index is 489. The van der Waals surface area contributed by atoms with Gasteiger partial charge in [0.1, 0.15) is 0 Å². The first-order chi connectivity index (χ1) is 8.82. The number of carbonyl (C=O) groups is 2. The maximum Gasteiger partial charge on any atom is 0.255 e. The molecule has 0 aliphatic heterocycles. The van der Waals surface area contributed by atoms with E-state index in [9.17, 15) is 9.59 Å². The molecule has 0 aromatic heterocycles. The second-order valence-electron chi connectivity index (χ2n) is 4.75.